The molecule has 0 aliphatic heterocycles. The van der Waals surface area contributed by atoms with E-state index < -0.39 is 27.0 Å². The largest absolute Gasteiger partial charge is 0.474 e. The number of sulfonamides is 1. The second-order valence-electron chi connectivity index (χ2n) is 6.43. The Morgan fingerprint density at radius 1 is 1.14 bits per heavy atom. The Morgan fingerprint density at radius 3 is 2.34 bits per heavy atom. The first-order valence-corrected chi connectivity index (χ1v) is 10.5. The van der Waals surface area contributed by atoms with Gasteiger partial charge in [0.05, 0.1) is 9.82 Å². The molecule has 156 valence electrons. The summed E-state index contributed by atoms with van der Waals surface area (Å²) in [6.07, 6.45) is -0.350. The molecule has 2 aromatic carbocycles. The van der Waals surface area contributed by atoms with E-state index in [9.17, 15) is 23.3 Å². The zero-order valence-electron chi connectivity index (χ0n) is 16.3. The molecular weight excluding hydrogens is 398 g/mol. The van der Waals surface area contributed by atoms with Gasteiger partial charge in [0.1, 0.15) is 0 Å². The molecule has 0 saturated heterocycles. The Kier molecular flexibility index (Phi) is 7.29. The van der Waals surface area contributed by atoms with Gasteiger partial charge in [-0.25, -0.2) is 13.1 Å². The predicted octanol–water partition coefficient (Wildman–Crippen LogP) is 3.08. The molecule has 9 nitrogen and oxygen atoms in total. The van der Waals surface area contributed by atoms with Gasteiger partial charge in [0.15, 0.2) is 11.9 Å². The van der Waals surface area contributed by atoms with Crippen molar-refractivity contribution in [2.75, 3.05) is 5.32 Å². The maximum Gasteiger partial charge on any atom is 0.310 e. The molecule has 2 rings (SSSR count). The number of nitrogens with zero attached hydrogens (tertiary/aromatic N) is 1. The van der Waals surface area contributed by atoms with Crippen LogP contribution in [-0.2, 0) is 14.8 Å². The molecule has 1 amide bonds. The third-order valence-electron chi connectivity index (χ3n) is 4.14. The van der Waals surface area contributed by atoms with Crippen molar-refractivity contribution in [2.45, 2.75) is 44.2 Å². The summed E-state index contributed by atoms with van der Waals surface area (Å²) in [6.45, 7) is 5.10. The van der Waals surface area contributed by atoms with E-state index in [0.29, 0.717) is 12.1 Å². The maximum atomic E-state index is 12.3. The molecule has 2 unspecified atom stereocenters. The lowest BCUT2D eigenvalue weighted by Crippen LogP contribution is -2.32. The van der Waals surface area contributed by atoms with Gasteiger partial charge >= 0.3 is 5.69 Å². The predicted molar refractivity (Wildman–Crippen MR) is 108 cm³/mol. The summed E-state index contributed by atoms with van der Waals surface area (Å²) in [6, 6.07) is 11.3. The van der Waals surface area contributed by atoms with Gasteiger partial charge in [-0.3, -0.25) is 14.9 Å². The highest BCUT2D eigenvalue weighted by atomic mass is 32.2. The number of benzene rings is 2. The van der Waals surface area contributed by atoms with Crippen molar-refractivity contribution in [3.05, 3.63) is 58.6 Å². The van der Waals surface area contributed by atoms with Crippen LogP contribution in [-0.4, -0.2) is 31.4 Å². The standard InChI is InChI=1S/C19H23N3O6S/c1-4-13(2)21-29(26,27)16-11-9-15(10-12-16)20-19(23)14(3)28-18-8-6-5-7-17(18)22(24)25/h5-14,21H,4H2,1-3H3,(H,20,23). The minimum Gasteiger partial charge on any atom is -0.474 e. The molecule has 2 aromatic rings. The van der Waals surface area contributed by atoms with E-state index in [1.54, 1.807) is 13.0 Å². The molecular formula is C19H23N3O6S. The summed E-state index contributed by atoms with van der Waals surface area (Å²) in [5.41, 5.74) is 0.131. The Morgan fingerprint density at radius 2 is 1.76 bits per heavy atom. The lowest BCUT2D eigenvalue weighted by molar-refractivity contribution is -0.386. The van der Waals surface area contributed by atoms with Gasteiger partial charge in [-0.2, -0.15) is 0 Å². The number of rotatable bonds is 9. The Labute approximate surface area is 169 Å². The first kappa shape index (κ1) is 22.3. The first-order chi connectivity index (χ1) is 13.6. The summed E-state index contributed by atoms with van der Waals surface area (Å²) in [5, 5.41) is 13.6. The molecule has 0 saturated carbocycles. The van der Waals surface area contributed by atoms with Crippen LogP contribution < -0.4 is 14.8 Å². The molecule has 0 aliphatic carbocycles. The smallest absolute Gasteiger partial charge is 0.310 e. The normalized spacial score (nSPS) is 13.3. The average Bonchev–Trinajstić information content (AvgIpc) is 2.68. The highest BCUT2D eigenvalue weighted by Gasteiger charge is 2.21. The van der Waals surface area contributed by atoms with Gasteiger partial charge in [0, 0.05) is 17.8 Å². The fraction of sp³-hybridized carbons (Fsp3) is 0.316. The first-order valence-electron chi connectivity index (χ1n) is 8.97. The highest BCUT2D eigenvalue weighted by Crippen LogP contribution is 2.27. The van der Waals surface area contributed by atoms with Crippen molar-refractivity contribution in [2.24, 2.45) is 0 Å². The third kappa shape index (κ3) is 6.00. The van der Waals surface area contributed by atoms with E-state index in [-0.39, 0.29) is 22.4 Å². The lowest BCUT2D eigenvalue weighted by Gasteiger charge is -2.15. The number of nitro groups is 1. The number of hydrogen-bond acceptors (Lipinski definition) is 6. The van der Waals surface area contributed by atoms with Crippen molar-refractivity contribution in [3.63, 3.8) is 0 Å². The maximum absolute atomic E-state index is 12.3. The number of amides is 1. The van der Waals surface area contributed by atoms with Crippen molar-refractivity contribution in [1.82, 2.24) is 4.72 Å². The molecule has 29 heavy (non-hydrogen) atoms. The van der Waals surface area contributed by atoms with Crippen molar-refractivity contribution < 1.29 is 22.9 Å². The lowest BCUT2D eigenvalue weighted by atomic mass is 10.2. The van der Waals surface area contributed by atoms with Gasteiger partial charge in [0.25, 0.3) is 5.91 Å². The van der Waals surface area contributed by atoms with E-state index in [1.807, 2.05) is 6.92 Å². The number of anilines is 1. The Balaban J connectivity index is 2.05. The second kappa shape index (κ2) is 9.48. The number of carbonyl (C=O) groups excluding carboxylic acids is 1. The van der Waals surface area contributed by atoms with E-state index in [1.165, 1.54) is 49.4 Å². The second-order valence-corrected chi connectivity index (χ2v) is 8.14. The van der Waals surface area contributed by atoms with E-state index >= 15 is 0 Å². The molecule has 0 radical (unpaired) electrons. The summed E-state index contributed by atoms with van der Waals surface area (Å²) in [5.74, 6) is -0.547. The van der Waals surface area contributed by atoms with Crippen LogP contribution in [0.25, 0.3) is 0 Å². The summed E-state index contributed by atoms with van der Waals surface area (Å²) >= 11 is 0. The number of carbonyl (C=O) groups is 1. The molecule has 0 heterocycles. The van der Waals surface area contributed by atoms with E-state index in [2.05, 4.69) is 10.0 Å². The molecule has 0 aliphatic rings. The average molecular weight is 421 g/mol. The topological polar surface area (TPSA) is 128 Å². The van der Waals surface area contributed by atoms with E-state index in [4.69, 9.17) is 4.74 Å². The quantitative estimate of drug-likeness (QED) is 0.473. The van der Waals surface area contributed by atoms with Gasteiger partial charge in [0.2, 0.25) is 10.0 Å². The van der Waals surface area contributed by atoms with Crippen LogP contribution >= 0.6 is 0 Å². The third-order valence-corrected chi connectivity index (χ3v) is 5.74. The fourth-order valence-corrected chi connectivity index (χ4v) is 3.66. The van der Waals surface area contributed by atoms with Crippen molar-refractivity contribution >= 4 is 27.3 Å². The highest BCUT2D eigenvalue weighted by molar-refractivity contribution is 7.89. The number of hydrogen-bond donors (Lipinski definition) is 2. The fourth-order valence-electron chi connectivity index (χ4n) is 2.33. The monoisotopic (exact) mass is 421 g/mol. The van der Waals surface area contributed by atoms with Crippen LogP contribution in [0.4, 0.5) is 11.4 Å². The molecule has 0 fully saturated rings. The van der Waals surface area contributed by atoms with Crippen LogP contribution in [0.1, 0.15) is 27.2 Å². The summed E-state index contributed by atoms with van der Waals surface area (Å²) < 4.78 is 32.5. The van der Waals surface area contributed by atoms with Gasteiger partial charge < -0.3 is 10.1 Å². The molecule has 0 bridgehead atoms. The molecule has 2 atom stereocenters. The number of para-hydroxylation sites is 2. The number of ether oxygens (including phenoxy) is 1. The molecule has 2 N–H and O–H groups in total. The minimum atomic E-state index is -3.64. The minimum absolute atomic E-state index is 0.0160. The van der Waals surface area contributed by atoms with Gasteiger partial charge in [-0.1, -0.05) is 19.1 Å². The summed E-state index contributed by atoms with van der Waals surface area (Å²) in [7, 11) is -3.64. The van der Waals surface area contributed by atoms with Crippen LogP contribution in [0.5, 0.6) is 5.75 Å². The van der Waals surface area contributed by atoms with Crippen LogP contribution in [0.2, 0.25) is 0 Å². The van der Waals surface area contributed by atoms with Crippen LogP contribution in [0, 0.1) is 10.1 Å². The SMILES string of the molecule is CCC(C)NS(=O)(=O)c1ccc(NC(=O)C(C)Oc2ccccc2[N+](=O)[O-])cc1. The number of nitro benzene ring substituents is 1. The molecule has 10 heteroatoms. The Hall–Kier alpha value is -2.98. The zero-order valence-corrected chi connectivity index (χ0v) is 17.1. The van der Waals surface area contributed by atoms with Crippen LogP contribution in [0.3, 0.4) is 0 Å². The van der Waals surface area contributed by atoms with Crippen LogP contribution in [0.15, 0.2) is 53.4 Å². The molecule has 0 spiro atoms. The van der Waals surface area contributed by atoms with Crippen molar-refractivity contribution in [1.29, 1.82) is 0 Å². The molecule has 0 aromatic heterocycles. The van der Waals surface area contributed by atoms with Gasteiger partial charge in [-0.05, 0) is 50.6 Å². The van der Waals surface area contributed by atoms with E-state index in [0.717, 1.165) is 0 Å². The number of nitrogens with one attached hydrogen (secondary N) is 2. The summed E-state index contributed by atoms with van der Waals surface area (Å²) in [4.78, 5) is 22.9. The Bertz CT molecular complexity index is 976. The zero-order chi connectivity index (χ0) is 21.6. The van der Waals surface area contributed by atoms with Crippen molar-refractivity contribution in [3.8, 4) is 5.75 Å². The van der Waals surface area contributed by atoms with Gasteiger partial charge in [-0.15, -0.1) is 0 Å².